The second-order valence-corrected chi connectivity index (χ2v) is 5.79. The van der Waals surface area contributed by atoms with Crippen LogP contribution in [0, 0.1) is 0 Å². The molecule has 0 atom stereocenters. The molecule has 0 spiro atoms. The van der Waals surface area contributed by atoms with Crippen molar-refractivity contribution in [3.8, 4) is 0 Å². The highest BCUT2D eigenvalue weighted by molar-refractivity contribution is 5.91. The molecule has 24 heavy (non-hydrogen) atoms. The number of esters is 1. The van der Waals surface area contributed by atoms with Crippen LogP contribution < -0.4 is 4.90 Å². The lowest BCUT2D eigenvalue weighted by Crippen LogP contribution is -2.27. The third kappa shape index (κ3) is 3.14. The monoisotopic (exact) mass is 331 g/mol. The minimum absolute atomic E-state index is 0.223. The van der Waals surface area contributed by atoms with Gasteiger partial charge in [-0.15, -0.1) is 10.2 Å². The van der Waals surface area contributed by atoms with Crippen LogP contribution in [0.4, 0.5) is 5.69 Å². The summed E-state index contributed by atoms with van der Waals surface area (Å²) >= 11 is 0. The first-order chi connectivity index (χ1) is 11.7. The number of methoxy groups -OCH3 is 1. The van der Waals surface area contributed by atoms with Crippen molar-refractivity contribution in [1.82, 2.24) is 0 Å². The van der Waals surface area contributed by atoms with Crippen molar-refractivity contribution in [3.05, 3.63) is 29.3 Å². The number of nitrogens with zero attached hydrogens (tertiary/aromatic N) is 5. The van der Waals surface area contributed by atoms with Gasteiger partial charge in [0.15, 0.2) is 0 Å². The minimum Gasteiger partial charge on any atom is -0.465 e. The van der Waals surface area contributed by atoms with E-state index in [0.717, 1.165) is 37.2 Å². The van der Waals surface area contributed by atoms with Gasteiger partial charge in [0.25, 0.3) is 0 Å². The van der Waals surface area contributed by atoms with Crippen molar-refractivity contribution in [2.45, 2.75) is 25.4 Å². The second-order valence-electron chi connectivity index (χ2n) is 5.79. The van der Waals surface area contributed by atoms with Crippen LogP contribution in [-0.2, 0) is 15.1 Å². The molecule has 0 radical (unpaired) electrons. The van der Waals surface area contributed by atoms with Crippen LogP contribution in [0.2, 0.25) is 0 Å². The lowest BCUT2D eigenvalue weighted by Gasteiger charge is -2.24. The molecule has 2 heterocycles. The number of carbonyl (C=O) groups is 1. The maximum atomic E-state index is 12.1. The van der Waals surface area contributed by atoms with E-state index in [4.69, 9.17) is 9.47 Å². The Morgan fingerprint density at radius 1 is 1.21 bits per heavy atom. The largest absolute Gasteiger partial charge is 0.465 e. The van der Waals surface area contributed by atoms with Gasteiger partial charge in [0.05, 0.1) is 12.7 Å². The minimum atomic E-state index is -1.03. The lowest BCUT2D eigenvalue weighted by molar-refractivity contribution is 0.0600. The van der Waals surface area contributed by atoms with E-state index < -0.39 is 11.6 Å². The molecule has 0 aromatic heterocycles. The van der Waals surface area contributed by atoms with Crippen LogP contribution in [0.1, 0.15) is 35.7 Å². The van der Waals surface area contributed by atoms with Crippen molar-refractivity contribution >= 4 is 11.7 Å². The fourth-order valence-electron chi connectivity index (χ4n) is 2.94. The summed E-state index contributed by atoms with van der Waals surface area (Å²) in [5.74, 6) is -0.393. The molecule has 1 aromatic carbocycles. The molecule has 1 aromatic rings. The molecule has 1 fully saturated rings. The number of carbonyl (C=O) groups excluding carboxylic acids is 1. The van der Waals surface area contributed by atoms with E-state index in [1.807, 2.05) is 19.1 Å². The van der Waals surface area contributed by atoms with E-state index in [-0.39, 0.29) is 6.61 Å². The van der Waals surface area contributed by atoms with Gasteiger partial charge in [-0.25, -0.2) is 4.79 Å². The Morgan fingerprint density at radius 2 is 1.92 bits per heavy atom. The van der Waals surface area contributed by atoms with Crippen molar-refractivity contribution in [1.29, 1.82) is 0 Å². The lowest BCUT2D eigenvalue weighted by atomic mass is 9.98. The predicted octanol–water partition coefficient (Wildman–Crippen LogP) is 3.10. The van der Waals surface area contributed by atoms with Gasteiger partial charge < -0.3 is 14.4 Å². The third-order valence-corrected chi connectivity index (χ3v) is 4.24. The predicted molar refractivity (Wildman–Crippen MR) is 87.1 cm³/mol. The summed E-state index contributed by atoms with van der Waals surface area (Å²) < 4.78 is 10.4. The van der Waals surface area contributed by atoms with E-state index in [9.17, 15) is 4.79 Å². The summed E-state index contributed by atoms with van der Waals surface area (Å²) in [5.41, 5.74) is 1.11. The summed E-state index contributed by atoms with van der Waals surface area (Å²) in [4.78, 5) is 14.3. The molecule has 8 heteroatoms. The Bertz CT molecular complexity index is 656. The molecule has 1 saturated heterocycles. The van der Waals surface area contributed by atoms with Gasteiger partial charge in [0.1, 0.15) is 6.61 Å². The van der Waals surface area contributed by atoms with Crippen LogP contribution >= 0.6 is 0 Å². The highest BCUT2D eigenvalue weighted by Crippen LogP contribution is 2.36. The van der Waals surface area contributed by atoms with Gasteiger partial charge >= 0.3 is 5.97 Å². The van der Waals surface area contributed by atoms with Crippen LogP contribution in [0.25, 0.3) is 0 Å². The average Bonchev–Trinajstić information content (AvgIpc) is 3.31. The van der Waals surface area contributed by atoms with Crippen LogP contribution in [0.5, 0.6) is 0 Å². The Morgan fingerprint density at radius 3 is 2.54 bits per heavy atom. The van der Waals surface area contributed by atoms with Crippen molar-refractivity contribution in [3.63, 3.8) is 0 Å². The normalized spacial score (nSPS) is 18.3. The summed E-state index contributed by atoms with van der Waals surface area (Å²) in [5, 5.41) is 15.7. The number of benzene rings is 1. The van der Waals surface area contributed by atoms with Crippen LogP contribution in [-0.4, -0.2) is 39.4 Å². The maximum Gasteiger partial charge on any atom is 0.337 e. The number of ether oxygens (including phenoxy) is 2. The molecular formula is C16H21N5O3. The summed E-state index contributed by atoms with van der Waals surface area (Å²) in [6.45, 7) is 4.58. The highest BCUT2D eigenvalue weighted by Gasteiger charge is 2.37. The third-order valence-electron chi connectivity index (χ3n) is 4.24. The fourth-order valence-corrected chi connectivity index (χ4v) is 2.94. The summed E-state index contributed by atoms with van der Waals surface area (Å²) in [6.07, 6.45) is 2.28. The van der Waals surface area contributed by atoms with E-state index >= 15 is 0 Å². The van der Waals surface area contributed by atoms with E-state index in [0.29, 0.717) is 12.2 Å². The molecule has 2 aliphatic rings. The first-order valence-corrected chi connectivity index (χ1v) is 8.09. The van der Waals surface area contributed by atoms with E-state index in [1.165, 1.54) is 7.11 Å². The molecule has 0 N–H and O–H groups in total. The van der Waals surface area contributed by atoms with Crippen molar-refractivity contribution in [2.75, 3.05) is 38.3 Å². The van der Waals surface area contributed by atoms with Crippen LogP contribution in [0.3, 0.4) is 0 Å². The van der Waals surface area contributed by atoms with Gasteiger partial charge in [0, 0.05) is 30.9 Å². The number of hydrogen-bond acceptors (Lipinski definition) is 8. The zero-order chi connectivity index (χ0) is 17.0. The Balaban J connectivity index is 2.04. The van der Waals surface area contributed by atoms with E-state index in [2.05, 4.69) is 25.6 Å². The number of anilines is 1. The van der Waals surface area contributed by atoms with Gasteiger partial charge in [-0.1, -0.05) is 0 Å². The highest BCUT2D eigenvalue weighted by atomic mass is 16.5. The molecule has 8 nitrogen and oxygen atoms in total. The number of hydrogen-bond donors (Lipinski definition) is 0. The fraction of sp³-hybridized carbons (Fsp3) is 0.562. The summed E-state index contributed by atoms with van der Waals surface area (Å²) in [7, 11) is 1.37. The quantitative estimate of drug-likeness (QED) is 0.749. The van der Waals surface area contributed by atoms with Crippen molar-refractivity contribution < 1.29 is 14.3 Å². The first kappa shape index (κ1) is 16.5. The molecular weight excluding hydrogens is 310 g/mol. The molecule has 0 saturated carbocycles. The summed E-state index contributed by atoms with van der Waals surface area (Å²) in [6, 6.07) is 5.56. The van der Waals surface area contributed by atoms with E-state index in [1.54, 1.807) is 6.07 Å². The topological polar surface area (TPSA) is 88.2 Å². The smallest absolute Gasteiger partial charge is 0.337 e. The van der Waals surface area contributed by atoms with Gasteiger partial charge in [-0.05, 0) is 48.4 Å². The second kappa shape index (κ2) is 7.04. The van der Waals surface area contributed by atoms with Crippen LogP contribution in [0.15, 0.2) is 38.9 Å². The SMILES string of the molecule is CCOCC1(c2cc(C(=O)OC)cc(N3CCCC3)c2)N=NN=N1. The van der Waals surface area contributed by atoms with Gasteiger partial charge in [-0.2, -0.15) is 0 Å². The zero-order valence-electron chi connectivity index (χ0n) is 13.9. The Hall–Kier alpha value is -2.35. The average molecular weight is 331 g/mol. The van der Waals surface area contributed by atoms with Gasteiger partial charge in [0.2, 0.25) is 5.66 Å². The molecule has 0 bridgehead atoms. The molecule has 0 unspecified atom stereocenters. The molecule has 2 aliphatic heterocycles. The standard InChI is InChI=1S/C16H21N5O3/c1-3-24-11-16(17-19-20-18-16)13-8-12(15(22)23-2)9-14(10-13)21-6-4-5-7-21/h8-10H,3-7,11H2,1-2H3. The number of rotatable bonds is 6. The Kier molecular flexibility index (Phi) is 4.84. The zero-order valence-corrected chi connectivity index (χ0v) is 13.9. The first-order valence-electron chi connectivity index (χ1n) is 8.09. The molecule has 128 valence electrons. The van der Waals surface area contributed by atoms with Gasteiger partial charge in [-0.3, -0.25) is 0 Å². The Labute approximate surface area is 140 Å². The molecule has 3 rings (SSSR count). The maximum absolute atomic E-state index is 12.1. The molecule has 0 amide bonds. The van der Waals surface area contributed by atoms with Crippen molar-refractivity contribution in [2.24, 2.45) is 20.7 Å². The molecule has 0 aliphatic carbocycles.